The van der Waals surface area contributed by atoms with Crippen LogP contribution in [-0.4, -0.2) is 22.6 Å². The highest BCUT2D eigenvalue weighted by Gasteiger charge is 2.35. The first kappa shape index (κ1) is 22.7. The molecule has 4 heteroatoms. The summed E-state index contributed by atoms with van der Waals surface area (Å²) >= 11 is 0. The van der Waals surface area contributed by atoms with Crippen molar-refractivity contribution < 1.29 is 19.4 Å². The maximum atomic E-state index is 11.9. The van der Waals surface area contributed by atoms with Crippen LogP contribution in [0.5, 0.6) is 0 Å². The molecule has 0 atom stereocenters. The van der Waals surface area contributed by atoms with Crippen LogP contribution in [0.1, 0.15) is 110 Å². The summed E-state index contributed by atoms with van der Waals surface area (Å²) in [5, 5.41) is 8.68. The van der Waals surface area contributed by atoms with Gasteiger partial charge < -0.3 is 9.84 Å². The molecule has 0 radical (unpaired) electrons. The van der Waals surface area contributed by atoms with Crippen LogP contribution in [0.25, 0.3) is 0 Å². The van der Waals surface area contributed by atoms with Gasteiger partial charge in [0.2, 0.25) is 0 Å². The van der Waals surface area contributed by atoms with Gasteiger partial charge in [0.05, 0.1) is 12.8 Å². The Morgan fingerprint density at radius 1 is 0.923 bits per heavy atom. The molecule has 1 saturated carbocycles. The quantitative estimate of drug-likeness (QED) is 0.213. The molecule has 1 N–H and O–H groups in total. The first-order valence-electron chi connectivity index (χ1n) is 10.7. The third kappa shape index (κ3) is 10.6. The number of hydrogen-bond donors (Lipinski definition) is 1. The largest absolute Gasteiger partial charge is 0.481 e. The van der Waals surface area contributed by atoms with Gasteiger partial charge in [-0.3, -0.25) is 9.59 Å². The van der Waals surface area contributed by atoms with E-state index in [0.717, 1.165) is 32.1 Å². The number of carboxylic acids is 1. The summed E-state index contributed by atoms with van der Waals surface area (Å²) in [5.41, 5.74) is -0.477. The summed E-state index contributed by atoms with van der Waals surface area (Å²) in [6.07, 6.45) is 20.8. The van der Waals surface area contributed by atoms with E-state index >= 15 is 0 Å². The average Bonchev–Trinajstić information content (AvgIpc) is 3.06. The van der Waals surface area contributed by atoms with E-state index in [2.05, 4.69) is 19.1 Å². The zero-order chi connectivity index (χ0) is 19.1. The maximum absolute atomic E-state index is 11.9. The molecule has 0 aromatic carbocycles. The minimum absolute atomic E-state index is 0.0385. The Kier molecular flexibility index (Phi) is 12.1. The van der Waals surface area contributed by atoms with Crippen molar-refractivity contribution in [2.75, 3.05) is 0 Å². The highest BCUT2D eigenvalue weighted by molar-refractivity contribution is 5.76. The molecule has 0 unspecified atom stereocenters. The second kappa shape index (κ2) is 13.8. The molecule has 0 aromatic rings. The first-order chi connectivity index (χ1) is 12.6. The minimum atomic E-state index is -0.955. The normalized spacial score (nSPS) is 16.2. The van der Waals surface area contributed by atoms with Gasteiger partial charge in [-0.2, -0.15) is 0 Å². The topological polar surface area (TPSA) is 63.6 Å². The lowest BCUT2D eigenvalue weighted by atomic mass is 10.00. The van der Waals surface area contributed by atoms with E-state index in [1.54, 1.807) is 0 Å². The number of rotatable bonds is 15. The van der Waals surface area contributed by atoms with Crippen molar-refractivity contribution in [1.29, 1.82) is 0 Å². The summed E-state index contributed by atoms with van der Waals surface area (Å²) in [6, 6.07) is 0. The van der Waals surface area contributed by atoms with Crippen molar-refractivity contribution in [2.45, 2.75) is 115 Å². The Labute approximate surface area is 159 Å². The molecule has 0 aromatic heterocycles. The second-order valence-corrected chi connectivity index (χ2v) is 7.66. The lowest BCUT2D eigenvalue weighted by Gasteiger charge is -2.25. The number of allylic oxidation sites excluding steroid dienone is 1. The van der Waals surface area contributed by atoms with Crippen molar-refractivity contribution in [3.8, 4) is 0 Å². The van der Waals surface area contributed by atoms with E-state index in [0.29, 0.717) is 0 Å². The molecule has 1 aliphatic carbocycles. The van der Waals surface area contributed by atoms with Crippen LogP contribution in [0, 0.1) is 0 Å². The molecular weight excluding hydrogens is 328 g/mol. The van der Waals surface area contributed by atoms with E-state index in [4.69, 9.17) is 9.84 Å². The molecule has 0 heterocycles. The maximum Gasteiger partial charge on any atom is 0.307 e. The van der Waals surface area contributed by atoms with E-state index in [-0.39, 0.29) is 18.8 Å². The molecule has 0 spiro atoms. The van der Waals surface area contributed by atoms with Crippen molar-refractivity contribution in [1.82, 2.24) is 0 Å². The third-order valence-electron chi connectivity index (χ3n) is 5.21. The predicted molar refractivity (Wildman–Crippen MR) is 105 cm³/mol. The van der Waals surface area contributed by atoms with E-state index < -0.39 is 11.6 Å². The number of unbranched alkanes of at least 4 members (excludes halogenated alkanes) is 9. The molecule has 1 aliphatic rings. The number of carbonyl (C=O) groups excluding carboxylic acids is 1. The van der Waals surface area contributed by atoms with Gasteiger partial charge in [0.15, 0.2) is 0 Å². The molecule has 26 heavy (non-hydrogen) atoms. The summed E-state index contributed by atoms with van der Waals surface area (Å²) in [4.78, 5) is 22.5. The van der Waals surface area contributed by atoms with Crippen LogP contribution in [0.4, 0.5) is 0 Å². The summed E-state index contributed by atoms with van der Waals surface area (Å²) in [5.74, 6) is -1.34. The van der Waals surface area contributed by atoms with Gasteiger partial charge in [0.1, 0.15) is 5.60 Å². The Balaban J connectivity index is 2.17. The fourth-order valence-corrected chi connectivity index (χ4v) is 3.63. The number of carbonyl (C=O) groups is 2. The molecule has 0 saturated heterocycles. The van der Waals surface area contributed by atoms with Gasteiger partial charge in [-0.1, -0.05) is 64.4 Å². The Bertz CT molecular complexity index is 422. The fourth-order valence-electron chi connectivity index (χ4n) is 3.63. The molecular formula is C22H38O4. The van der Waals surface area contributed by atoms with Crippen LogP contribution in [0.3, 0.4) is 0 Å². The van der Waals surface area contributed by atoms with Gasteiger partial charge in [-0.05, 0) is 44.6 Å². The van der Waals surface area contributed by atoms with E-state index in [1.807, 2.05) is 0 Å². The number of ether oxygens (including phenoxy) is 1. The molecule has 1 rings (SSSR count). The average molecular weight is 367 g/mol. The van der Waals surface area contributed by atoms with E-state index in [1.165, 1.54) is 57.8 Å². The smallest absolute Gasteiger partial charge is 0.307 e. The molecule has 4 nitrogen and oxygen atoms in total. The Morgan fingerprint density at radius 3 is 2.08 bits per heavy atom. The molecule has 0 amide bonds. The first-order valence-corrected chi connectivity index (χ1v) is 10.7. The van der Waals surface area contributed by atoms with Crippen LogP contribution in [0.15, 0.2) is 12.2 Å². The third-order valence-corrected chi connectivity index (χ3v) is 5.21. The van der Waals surface area contributed by atoms with Gasteiger partial charge in [0.25, 0.3) is 0 Å². The molecule has 1 fully saturated rings. The number of aliphatic carboxylic acids is 1. The summed E-state index contributed by atoms with van der Waals surface area (Å²) in [7, 11) is 0. The summed E-state index contributed by atoms with van der Waals surface area (Å²) in [6.45, 7) is 2.25. The lowest BCUT2D eigenvalue weighted by Crippen LogP contribution is -2.29. The van der Waals surface area contributed by atoms with Crippen molar-refractivity contribution in [3.05, 3.63) is 12.2 Å². The molecule has 0 aliphatic heterocycles. The highest BCUT2D eigenvalue weighted by Crippen LogP contribution is 2.35. The zero-order valence-corrected chi connectivity index (χ0v) is 16.6. The standard InChI is InChI=1S/C22H38O4/c1-2-3-4-5-6-7-8-9-10-11-12-17-22(18-13-14-19-22)26-21(25)16-15-20(23)24/h12,17H,2-11,13-16,18-19H2,1H3,(H,23,24). The van der Waals surface area contributed by atoms with Crippen molar-refractivity contribution >= 4 is 11.9 Å². The Morgan fingerprint density at radius 2 is 1.50 bits per heavy atom. The van der Waals surface area contributed by atoms with Crippen LogP contribution in [-0.2, 0) is 14.3 Å². The zero-order valence-electron chi connectivity index (χ0n) is 16.6. The van der Waals surface area contributed by atoms with Crippen LogP contribution in [0.2, 0.25) is 0 Å². The second-order valence-electron chi connectivity index (χ2n) is 7.66. The lowest BCUT2D eigenvalue weighted by molar-refractivity contribution is -0.157. The predicted octanol–water partition coefficient (Wildman–Crippen LogP) is 6.18. The molecule has 150 valence electrons. The summed E-state index contributed by atoms with van der Waals surface area (Å²) < 4.78 is 5.65. The number of esters is 1. The van der Waals surface area contributed by atoms with Gasteiger partial charge >= 0.3 is 11.9 Å². The van der Waals surface area contributed by atoms with E-state index in [9.17, 15) is 9.59 Å². The van der Waals surface area contributed by atoms with Crippen molar-refractivity contribution in [2.24, 2.45) is 0 Å². The van der Waals surface area contributed by atoms with Crippen LogP contribution >= 0.6 is 0 Å². The van der Waals surface area contributed by atoms with Gasteiger partial charge in [-0.25, -0.2) is 0 Å². The number of carboxylic acid groups (broad SMARTS) is 1. The van der Waals surface area contributed by atoms with Gasteiger partial charge in [0, 0.05) is 0 Å². The monoisotopic (exact) mass is 366 g/mol. The highest BCUT2D eigenvalue weighted by atomic mass is 16.6. The molecule has 0 bridgehead atoms. The SMILES string of the molecule is CCCCCCCCCCCC=CC1(OC(=O)CCC(=O)O)CCCC1. The minimum Gasteiger partial charge on any atom is -0.481 e. The number of hydrogen-bond acceptors (Lipinski definition) is 3. The van der Waals surface area contributed by atoms with Crippen LogP contribution < -0.4 is 0 Å². The van der Waals surface area contributed by atoms with Gasteiger partial charge in [-0.15, -0.1) is 0 Å². The fraction of sp³-hybridized carbons (Fsp3) is 0.818. The Hall–Kier alpha value is -1.32. The van der Waals surface area contributed by atoms with Crippen molar-refractivity contribution in [3.63, 3.8) is 0 Å².